The van der Waals surface area contributed by atoms with Gasteiger partial charge in [0.2, 0.25) is 11.6 Å². The van der Waals surface area contributed by atoms with Gasteiger partial charge in [0.15, 0.2) is 0 Å². The normalized spacial score (nSPS) is 14.7. The molecule has 1 aromatic carbocycles. The maximum atomic E-state index is 11.7. The first-order valence-corrected chi connectivity index (χ1v) is 8.34. The highest BCUT2D eigenvalue weighted by atomic mass is 16.6. The van der Waals surface area contributed by atoms with Crippen molar-refractivity contribution in [3.63, 3.8) is 0 Å². The lowest BCUT2D eigenvalue weighted by Gasteiger charge is -2.21. The van der Waals surface area contributed by atoms with Crippen LogP contribution in [0.2, 0.25) is 0 Å². The van der Waals surface area contributed by atoms with E-state index in [0.717, 1.165) is 38.8 Å². The summed E-state index contributed by atoms with van der Waals surface area (Å²) >= 11 is 0. The Morgan fingerprint density at radius 2 is 1.96 bits per heavy atom. The standard InChI is InChI=1S/C17H21N5O3/c1-25-14-8-6-7-13(11-14)20-16-15(22(23)24)17(19-12-18-16)21-9-4-2-3-5-10-21/h6-8,11-12H,2-5,9-10H2,1H3,(H,18,19,20). The van der Waals surface area contributed by atoms with E-state index in [-0.39, 0.29) is 11.5 Å². The van der Waals surface area contributed by atoms with Crippen LogP contribution in [0.15, 0.2) is 30.6 Å². The van der Waals surface area contributed by atoms with Gasteiger partial charge in [0, 0.05) is 24.8 Å². The second-order valence-corrected chi connectivity index (χ2v) is 5.91. The van der Waals surface area contributed by atoms with Gasteiger partial charge in [-0.3, -0.25) is 10.1 Å². The van der Waals surface area contributed by atoms with Gasteiger partial charge in [0.25, 0.3) is 0 Å². The van der Waals surface area contributed by atoms with Crippen LogP contribution in [-0.2, 0) is 0 Å². The Bertz CT molecular complexity index is 745. The molecule has 0 spiro atoms. The van der Waals surface area contributed by atoms with Crippen molar-refractivity contribution in [2.24, 2.45) is 0 Å². The molecule has 1 N–H and O–H groups in total. The van der Waals surface area contributed by atoms with Crippen molar-refractivity contribution in [3.8, 4) is 5.75 Å². The molecule has 3 rings (SSSR count). The van der Waals surface area contributed by atoms with Crippen LogP contribution in [0.1, 0.15) is 25.7 Å². The van der Waals surface area contributed by atoms with Crippen LogP contribution in [-0.4, -0.2) is 35.1 Å². The fraction of sp³-hybridized carbons (Fsp3) is 0.412. The predicted octanol–water partition coefficient (Wildman–Crippen LogP) is 3.52. The molecule has 1 fully saturated rings. The molecular weight excluding hydrogens is 322 g/mol. The highest BCUT2D eigenvalue weighted by Gasteiger charge is 2.27. The first-order valence-electron chi connectivity index (χ1n) is 8.34. The number of aromatic nitrogens is 2. The summed E-state index contributed by atoms with van der Waals surface area (Å²) in [6.45, 7) is 1.55. The Hall–Kier alpha value is -2.90. The maximum absolute atomic E-state index is 11.7. The molecular formula is C17H21N5O3. The van der Waals surface area contributed by atoms with Crippen molar-refractivity contribution in [3.05, 3.63) is 40.7 Å². The van der Waals surface area contributed by atoms with Gasteiger partial charge in [-0.05, 0) is 25.0 Å². The van der Waals surface area contributed by atoms with E-state index in [1.54, 1.807) is 19.2 Å². The highest BCUT2D eigenvalue weighted by molar-refractivity contribution is 5.74. The number of hydrogen-bond acceptors (Lipinski definition) is 7. The average Bonchev–Trinajstić information content (AvgIpc) is 2.91. The summed E-state index contributed by atoms with van der Waals surface area (Å²) in [5.74, 6) is 1.23. The third-order valence-corrected chi connectivity index (χ3v) is 4.22. The van der Waals surface area contributed by atoms with Gasteiger partial charge in [0.05, 0.1) is 12.0 Å². The second-order valence-electron chi connectivity index (χ2n) is 5.91. The van der Waals surface area contributed by atoms with Crippen LogP contribution in [0.25, 0.3) is 0 Å². The van der Waals surface area contributed by atoms with E-state index in [0.29, 0.717) is 17.3 Å². The van der Waals surface area contributed by atoms with E-state index < -0.39 is 4.92 Å². The van der Waals surface area contributed by atoms with Gasteiger partial charge < -0.3 is 15.0 Å². The molecule has 1 aromatic heterocycles. The number of nitrogens with zero attached hydrogens (tertiary/aromatic N) is 4. The van der Waals surface area contributed by atoms with Crippen LogP contribution in [0.3, 0.4) is 0 Å². The molecule has 0 saturated carbocycles. The number of ether oxygens (including phenoxy) is 1. The minimum Gasteiger partial charge on any atom is -0.497 e. The fourth-order valence-corrected chi connectivity index (χ4v) is 2.98. The van der Waals surface area contributed by atoms with Crippen molar-refractivity contribution in [1.29, 1.82) is 0 Å². The molecule has 8 nitrogen and oxygen atoms in total. The Kier molecular flexibility index (Phi) is 5.27. The van der Waals surface area contributed by atoms with Gasteiger partial charge >= 0.3 is 5.69 Å². The lowest BCUT2D eigenvalue weighted by molar-refractivity contribution is -0.383. The summed E-state index contributed by atoms with van der Waals surface area (Å²) in [5.41, 5.74) is 0.579. The summed E-state index contributed by atoms with van der Waals surface area (Å²) < 4.78 is 5.19. The summed E-state index contributed by atoms with van der Waals surface area (Å²) in [7, 11) is 1.57. The number of anilines is 3. The van der Waals surface area contributed by atoms with Crippen molar-refractivity contribution in [2.45, 2.75) is 25.7 Å². The third kappa shape index (κ3) is 3.96. The Morgan fingerprint density at radius 1 is 1.20 bits per heavy atom. The Labute approximate surface area is 146 Å². The molecule has 0 amide bonds. The number of nitrogens with one attached hydrogen (secondary N) is 1. The van der Waals surface area contributed by atoms with E-state index in [1.165, 1.54) is 6.33 Å². The van der Waals surface area contributed by atoms with Gasteiger partial charge in [-0.25, -0.2) is 9.97 Å². The van der Waals surface area contributed by atoms with E-state index in [9.17, 15) is 10.1 Å². The fourth-order valence-electron chi connectivity index (χ4n) is 2.98. The molecule has 2 heterocycles. The van der Waals surface area contributed by atoms with E-state index in [1.807, 2.05) is 17.0 Å². The van der Waals surface area contributed by atoms with Crippen LogP contribution in [0.5, 0.6) is 5.75 Å². The summed E-state index contributed by atoms with van der Waals surface area (Å²) in [6, 6.07) is 7.18. The van der Waals surface area contributed by atoms with Crippen molar-refractivity contribution in [2.75, 3.05) is 30.4 Å². The molecule has 0 bridgehead atoms. The molecule has 1 aliphatic rings. The number of rotatable bonds is 5. The van der Waals surface area contributed by atoms with Crippen LogP contribution >= 0.6 is 0 Å². The van der Waals surface area contributed by atoms with Gasteiger partial charge in [-0.2, -0.15) is 0 Å². The molecule has 8 heteroatoms. The van der Waals surface area contributed by atoms with Crippen molar-refractivity contribution < 1.29 is 9.66 Å². The van der Waals surface area contributed by atoms with Gasteiger partial charge in [0.1, 0.15) is 12.1 Å². The predicted molar refractivity (Wildman–Crippen MR) is 95.6 cm³/mol. The molecule has 0 unspecified atom stereocenters. The third-order valence-electron chi connectivity index (χ3n) is 4.22. The lowest BCUT2D eigenvalue weighted by atomic mass is 10.2. The highest BCUT2D eigenvalue weighted by Crippen LogP contribution is 2.34. The Morgan fingerprint density at radius 3 is 2.64 bits per heavy atom. The molecule has 1 aliphatic heterocycles. The average molecular weight is 343 g/mol. The zero-order valence-electron chi connectivity index (χ0n) is 14.1. The second kappa shape index (κ2) is 7.78. The van der Waals surface area contributed by atoms with Crippen LogP contribution in [0.4, 0.5) is 23.0 Å². The quantitative estimate of drug-likeness (QED) is 0.655. The number of benzene rings is 1. The monoisotopic (exact) mass is 343 g/mol. The first kappa shape index (κ1) is 16.9. The van der Waals surface area contributed by atoms with Gasteiger partial charge in [-0.15, -0.1) is 0 Å². The van der Waals surface area contributed by atoms with Crippen LogP contribution < -0.4 is 15.0 Å². The minimum atomic E-state index is -0.414. The van der Waals surface area contributed by atoms with E-state index in [4.69, 9.17) is 4.74 Å². The zero-order valence-corrected chi connectivity index (χ0v) is 14.1. The number of hydrogen-bond donors (Lipinski definition) is 1. The largest absolute Gasteiger partial charge is 0.497 e. The van der Waals surface area contributed by atoms with E-state index >= 15 is 0 Å². The zero-order chi connectivity index (χ0) is 17.6. The molecule has 25 heavy (non-hydrogen) atoms. The summed E-state index contributed by atoms with van der Waals surface area (Å²) in [6.07, 6.45) is 5.68. The van der Waals surface area contributed by atoms with Gasteiger partial charge in [-0.1, -0.05) is 18.9 Å². The van der Waals surface area contributed by atoms with Crippen molar-refractivity contribution in [1.82, 2.24) is 9.97 Å². The molecule has 132 valence electrons. The molecule has 0 aliphatic carbocycles. The summed E-state index contributed by atoms with van der Waals surface area (Å²) in [5, 5.41) is 14.7. The van der Waals surface area contributed by atoms with E-state index in [2.05, 4.69) is 15.3 Å². The van der Waals surface area contributed by atoms with Crippen LogP contribution in [0, 0.1) is 10.1 Å². The molecule has 0 atom stereocenters. The SMILES string of the molecule is COc1cccc(Nc2ncnc(N3CCCCCC3)c2[N+](=O)[O-])c1. The molecule has 2 aromatic rings. The maximum Gasteiger partial charge on any atom is 0.353 e. The molecule has 0 radical (unpaired) electrons. The topological polar surface area (TPSA) is 93.4 Å². The lowest BCUT2D eigenvalue weighted by Crippen LogP contribution is -2.26. The van der Waals surface area contributed by atoms with Crippen molar-refractivity contribution >= 4 is 23.0 Å². The minimum absolute atomic E-state index is 0.0905. The first-order chi connectivity index (χ1) is 12.2. The Balaban J connectivity index is 1.95. The summed E-state index contributed by atoms with van der Waals surface area (Å²) in [4.78, 5) is 21.6. The number of nitro groups is 1. The smallest absolute Gasteiger partial charge is 0.353 e. The molecule has 1 saturated heterocycles. The number of methoxy groups -OCH3 is 1.